The summed E-state index contributed by atoms with van der Waals surface area (Å²) in [5, 5.41) is 3.09. The fraction of sp³-hybridized carbons (Fsp3) is 0.174. The van der Waals surface area contributed by atoms with Crippen LogP contribution in [0.3, 0.4) is 0 Å². The average molecular weight is 439 g/mol. The molecule has 166 valence electrons. The Labute approximate surface area is 183 Å². The quantitative estimate of drug-likeness (QED) is 0.469. The number of nitrogens with two attached hydrogens (primary N) is 1. The van der Waals surface area contributed by atoms with Crippen molar-refractivity contribution in [2.45, 2.75) is 13.0 Å². The Morgan fingerprint density at radius 2 is 1.78 bits per heavy atom. The first-order chi connectivity index (χ1) is 15.4. The number of amides is 2. The first-order valence-electron chi connectivity index (χ1n) is 9.80. The van der Waals surface area contributed by atoms with Gasteiger partial charge in [0.15, 0.2) is 6.61 Å². The van der Waals surface area contributed by atoms with Crippen LogP contribution in [0.15, 0.2) is 71.3 Å². The molecule has 8 nitrogen and oxygen atoms in total. The normalized spacial score (nSPS) is 10.4. The zero-order chi connectivity index (χ0) is 22.9. The molecule has 3 N–H and O–H groups in total. The summed E-state index contributed by atoms with van der Waals surface area (Å²) in [6.45, 7) is -0.234. The predicted molar refractivity (Wildman–Crippen MR) is 115 cm³/mol. The van der Waals surface area contributed by atoms with Gasteiger partial charge in [-0.2, -0.15) is 0 Å². The highest BCUT2D eigenvalue weighted by atomic mass is 19.1. The molecule has 0 aliphatic rings. The molecule has 0 fully saturated rings. The van der Waals surface area contributed by atoms with Crippen LogP contribution in [0.25, 0.3) is 0 Å². The summed E-state index contributed by atoms with van der Waals surface area (Å²) >= 11 is 0. The van der Waals surface area contributed by atoms with Crippen LogP contribution in [0.5, 0.6) is 0 Å². The number of carbonyl (C=O) groups excluding carboxylic acids is 3. The molecule has 1 heterocycles. The van der Waals surface area contributed by atoms with E-state index in [1.54, 1.807) is 42.7 Å². The monoisotopic (exact) mass is 439 g/mol. The maximum absolute atomic E-state index is 13.2. The summed E-state index contributed by atoms with van der Waals surface area (Å²) < 4.78 is 23.7. The molecule has 0 aliphatic heterocycles. The third-order valence-corrected chi connectivity index (χ3v) is 4.53. The van der Waals surface area contributed by atoms with Crippen LogP contribution in [0.4, 0.5) is 15.8 Å². The van der Waals surface area contributed by atoms with E-state index in [4.69, 9.17) is 14.9 Å². The van der Waals surface area contributed by atoms with Crippen molar-refractivity contribution in [3.8, 4) is 0 Å². The summed E-state index contributed by atoms with van der Waals surface area (Å²) in [7, 11) is 0. The number of nitrogens with one attached hydrogen (secondary N) is 1. The lowest BCUT2D eigenvalue weighted by molar-refractivity contribution is -0.121. The standard InChI is InChI=1S/C23H22FN3O5/c24-16-7-9-17(10-8-16)27(12-11-21(25)28)22(29)15-32-23(30)19-5-1-2-6-20(19)26-14-18-4-3-13-31-18/h1-10,13,26H,11-12,14-15H2,(H2,25,28). The van der Waals surface area contributed by atoms with Crippen molar-refractivity contribution in [2.24, 2.45) is 5.73 Å². The van der Waals surface area contributed by atoms with Crippen LogP contribution >= 0.6 is 0 Å². The Kier molecular flexibility index (Phi) is 7.58. The zero-order valence-corrected chi connectivity index (χ0v) is 17.1. The maximum Gasteiger partial charge on any atom is 0.340 e. The Morgan fingerprint density at radius 3 is 2.47 bits per heavy atom. The Bertz CT molecular complexity index is 1070. The number of rotatable bonds is 10. The Hall–Kier alpha value is -4.14. The first-order valence-corrected chi connectivity index (χ1v) is 9.80. The molecule has 0 spiro atoms. The Balaban J connectivity index is 1.66. The van der Waals surface area contributed by atoms with Crippen LogP contribution in [0.2, 0.25) is 0 Å². The van der Waals surface area contributed by atoms with E-state index < -0.39 is 30.2 Å². The molecule has 0 unspecified atom stereocenters. The van der Waals surface area contributed by atoms with Gasteiger partial charge in [-0.05, 0) is 48.5 Å². The van der Waals surface area contributed by atoms with Crippen LogP contribution in [-0.4, -0.2) is 30.9 Å². The predicted octanol–water partition coefficient (Wildman–Crippen LogP) is 3.10. The van der Waals surface area contributed by atoms with Gasteiger partial charge in [0.1, 0.15) is 11.6 Å². The smallest absolute Gasteiger partial charge is 0.340 e. The van der Waals surface area contributed by atoms with Gasteiger partial charge in [0.2, 0.25) is 5.91 Å². The van der Waals surface area contributed by atoms with E-state index in [2.05, 4.69) is 5.32 Å². The van der Waals surface area contributed by atoms with Crippen molar-refractivity contribution in [1.82, 2.24) is 0 Å². The molecule has 9 heteroatoms. The van der Waals surface area contributed by atoms with Crippen LogP contribution in [-0.2, 0) is 20.9 Å². The topological polar surface area (TPSA) is 115 Å². The van der Waals surface area contributed by atoms with Crippen molar-refractivity contribution in [3.05, 3.63) is 84.1 Å². The molecule has 2 amide bonds. The van der Waals surface area contributed by atoms with Gasteiger partial charge < -0.3 is 25.1 Å². The van der Waals surface area contributed by atoms with Gasteiger partial charge in [-0.1, -0.05) is 12.1 Å². The summed E-state index contributed by atoms with van der Waals surface area (Å²) in [5.74, 6) is -1.66. The Morgan fingerprint density at radius 1 is 1.03 bits per heavy atom. The van der Waals surface area contributed by atoms with E-state index in [0.29, 0.717) is 23.7 Å². The van der Waals surface area contributed by atoms with E-state index >= 15 is 0 Å². The summed E-state index contributed by atoms with van der Waals surface area (Å²) in [4.78, 5) is 37.7. The number of ether oxygens (including phenoxy) is 1. The van der Waals surface area contributed by atoms with Crippen LogP contribution < -0.4 is 16.0 Å². The molecule has 1 aromatic heterocycles. The van der Waals surface area contributed by atoms with Gasteiger partial charge in [0.05, 0.1) is 18.4 Å². The summed E-state index contributed by atoms with van der Waals surface area (Å²) in [6.07, 6.45) is 1.45. The number of furan rings is 1. The van der Waals surface area contributed by atoms with Crippen molar-refractivity contribution < 1.29 is 27.9 Å². The molecule has 2 aromatic carbocycles. The number of esters is 1. The molecule has 32 heavy (non-hydrogen) atoms. The van der Waals surface area contributed by atoms with Crippen molar-refractivity contribution >= 4 is 29.2 Å². The van der Waals surface area contributed by atoms with E-state index in [-0.39, 0.29) is 18.5 Å². The van der Waals surface area contributed by atoms with E-state index in [1.807, 2.05) is 0 Å². The van der Waals surface area contributed by atoms with Crippen LogP contribution in [0, 0.1) is 5.82 Å². The summed E-state index contributed by atoms with van der Waals surface area (Å²) in [5.41, 5.74) is 6.31. The molecule has 0 aliphatic carbocycles. The van der Waals surface area contributed by atoms with Gasteiger partial charge in [-0.3, -0.25) is 9.59 Å². The number of hydrogen-bond acceptors (Lipinski definition) is 6. The molecule has 3 aromatic rings. The molecular weight excluding hydrogens is 417 g/mol. The van der Waals surface area contributed by atoms with Crippen LogP contribution in [0.1, 0.15) is 22.5 Å². The SMILES string of the molecule is NC(=O)CCN(C(=O)COC(=O)c1ccccc1NCc1ccco1)c1ccc(F)cc1. The number of carbonyl (C=O) groups is 3. The lowest BCUT2D eigenvalue weighted by Crippen LogP contribution is -2.37. The van der Waals surface area contributed by atoms with Crippen molar-refractivity contribution in [3.63, 3.8) is 0 Å². The van der Waals surface area contributed by atoms with Crippen molar-refractivity contribution in [2.75, 3.05) is 23.4 Å². The molecule has 3 rings (SSSR count). The number of nitrogens with zero attached hydrogens (tertiary/aromatic N) is 1. The number of halogens is 1. The maximum atomic E-state index is 13.2. The fourth-order valence-electron chi connectivity index (χ4n) is 2.93. The fourth-order valence-corrected chi connectivity index (χ4v) is 2.93. The van der Waals surface area contributed by atoms with Gasteiger partial charge in [-0.25, -0.2) is 9.18 Å². The highest BCUT2D eigenvalue weighted by Gasteiger charge is 2.20. The lowest BCUT2D eigenvalue weighted by Gasteiger charge is -2.22. The molecular formula is C23H22FN3O5. The number of para-hydroxylation sites is 1. The third-order valence-electron chi connectivity index (χ3n) is 4.53. The number of anilines is 2. The zero-order valence-electron chi connectivity index (χ0n) is 17.1. The number of benzene rings is 2. The van der Waals surface area contributed by atoms with Gasteiger partial charge in [0.25, 0.3) is 5.91 Å². The van der Waals surface area contributed by atoms with Gasteiger partial charge >= 0.3 is 5.97 Å². The second kappa shape index (κ2) is 10.8. The third kappa shape index (κ3) is 6.18. The minimum Gasteiger partial charge on any atom is -0.467 e. The number of hydrogen-bond donors (Lipinski definition) is 2. The van der Waals surface area contributed by atoms with Gasteiger partial charge in [0, 0.05) is 24.3 Å². The molecule has 0 bridgehead atoms. The highest BCUT2D eigenvalue weighted by molar-refractivity contribution is 5.99. The molecule has 0 atom stereocenters. The molecule has 0 saturated carbocycles. The van der Waals surface area contributed by atoms with E-state index in [0.717, 1.165) is 0 Å². The average Bonchev–Trinajstić information content (AvgIpc) is 3.31. The van der Waals surface area contributed by atoms with Crippen molar-refractivity contribution in [1.29, 1.82) is 0 Å². The second-order valence-corrected chi connectivity index (χ2v) is 6.79. The number of primary amides is 1. The largest absolute Gasteiger partial charge is 0.467 e. The second-order valence-electron chi connectivity index (χ2n) is 6.79. The van der Waals surface area contributed by atoms with Gasteiger partial charge in [-0.15, -0.1) is 0 Å². The van der Waals surface area contributed by atoms with E-state index in [1.165, 1.54) is 29.2 Å². The van der Waals surface area contributed by atoms with E-state index in [9.17, 15) is 18.8 Å². The summed E-state index contributed by atoms with van der Waals surface area (Å²) in [6, 6.07) is 15.4. The minimum absolute atomic E-state index is 0.0291. The first kappa shape index (κ1) is 22.5. The molecule has 0 radical (unpaired) electrons. The molecule has 0 saturated heterocycles. The minimum atomic E-state index is -0.699. The highest BCUT2D eigenvalue weighted by Crippen LogP contribution is 2.19. The lowest BCUT2D eigenvalue weighted by atomic mass is 10.2.